The van der Waals surface area contributed by atoms with Gasteiger partial charge in [-0.2, -0.15) is 10.5 Å². The molecule has 1 aromatic heterocycles. The summed E-state index contributed by atoms with van der Waals surface area (Å²) >= 11 is 0. The summed E-state index contributed by atoms with van der Waals surface area (Å²) < 4.78 is 1.99. The van der Waals surface area contributed by atoms with E-state index < -0.39 is 5.92 Å². The van der Waals surface area contributed by atoms with Gasteiger partial charge < -0.3 is 5.32 Å². The van der Waals surface area contributed by atoms with Gasteiger partial charge in [-0.3, -0.25) is 0 Å². The maximum Gasteiger partial charge on any atom is 0.169 e. The van der Waals surface area contributed by atoms with Gasteiger partial charge in [0.05, 0.1) is 12.1 Å². The number of aryl methyl sites for hydroxylation is 1. The van der Waals surface area contributed by atoms with Crippen LogP contribution in [0.25, 0.3) is 12.2 Å². The van der Waals surface area contributed by atoms with Gasteiger partial charge in [0.2, 0.25) is 0 Å². The van der Waals surface area contributed by atoms with Crippen molar-refractivity contribution in [2.45, 2.75) is 0 Å². The molecule has 108 valence electrons. The highest BCUT2D eigenvalue weighted by Crippen LogP contribution is 2.13. The van der Waals surface area contributed by atoms with Crippen LogP contribution in [0.3, 0.4) is 0 Å². The lowest BCUT2D eigenvalue weighted by atomic mass is 10.1. The van der Waals surface area contributed by atoms with Crippen molar-refractivity contribution in [3.63, 3.8) is 0 Å². The van der Waals surface area contributed by atoms with Crippen molar-refractivity contribution < 1.29 is 4.57 Å². The molecule has 0 saturated heterocycles. The Bertz CT molecular complexity index is 702. The first-order valence-corrected chi connectivity index (χ1v) is 6.98. The number of benzene rings is 1. The number of pyridine rings is 1. The molecule has 22 heavy (non-hydrogen) atoms. The van der Waals surface area contributed by atoms with Crippen LogP contribution in [0.15, 0.2) is 48.8 Å². The smallest absolute Gasteiger partial charge is 0.169 e. The fraction of sp³-hybridized carbons (Fsp3) is 0.167. The van der Waals surface area contributed by atoms with Gasteiger partial charge >= 0.3 is 0 Å². The third kappa shape index (κ3) is 4.47. The molecule has 0 atom stereocenters. The molecule has 1 heterocycles. The first-order chi connectivity index (χ1) is 10.7. The van der Waals surface area contributed by atoms with Crippen molar-refractivity contribution in [3.8, 4) is 12.1 Å². The lowest BCUT2D eigenvalue weighted by molar-refractivity contribution is -0.671. The molecule has 2 aromatic rings. The zero-order valence-electron chi connectivity index (χ0n) is 12.4. The second-order valence-electron chi connectivity index (χ2n) is 4.94. The van der Waals surface area contributed by atoms with E-state index in [1.807, 2.05) is 66.5 Å². The Balaban J connectivity index is 1.96. The van der Waals surface area contributed by atoms with Crippen LogP contribution in [0.1, 0.15) is 11.1 Å². The lowest BCUT2D eigenvalue weighted by Crippen LogP contribution is -2.25. The molecule has 0 aliphatic heterocycles. The highest BCUT2D eigenvalue weighted by Gasteiger charge is 2.03. The molecule has 0 unspecified atom stereocenters. The number of aromatic nitrogens is 1. The Morgan fingerprint density at radius 3 is 2.09 bits per heavy atom. The SMILES string of the molecule is C[n+]1ccc(C=Cc2ccc(NCC(C#N)C#N)cc2)cc1. The largest absolute Gasteiger partial charge is 0.383 e. The van der Waals surface area contributed by atoms with Crippen LogP contribution in [0.5, 0.6) is 0 Å². The zero-order chi connectivity index (χ0) is 15.8. The number of rotatable bonds is 5. The van der Waals surface area contributed by atoms with Crippen LogP contribution >= 0.6 is 0 Å². The van der Waals surface area contributed by atoms with Crippen molar-refractivity contribution >= 4 is 17.8 Å². The summed E-state index contributed by atoms with van der Waals surface area (Å²) in [6, 6.07) is 15.9. The van der Waals surface area contributed by atoms with Gasteiger partial charge in [0.15, 0.2) is 12.4 Å². The molecule has 0 spiro atoms. The van der Waals surface area contributed by atoms with Gasteiger partial charge in [-0.05, 0) is 23.3 Å². The zero-order valence-corrected chi connectivity index (χ0v) is 12.4. The first-order valence-electron chi connectivity index (χ1n) is 6.98. The Morgan fingerprint density at radius 2 is 1.55 bits per heavy atom. The normalized spacial score (nSPS) is 10.4. The molecule has 0 fully saturated rings. The van der Waals surface area contributed by atoms with E-state index in [0.717, 1.165) is 16.8 Å². The summed E-state index contributed by atoms with van der Waals surface area (Å²) in [4.78, 5) is 0. The Morgan fingerprint density at radius 1 is 1.00 bits per heavy atom. The van der Waals surface area contributed by atoms with Crippen molar-refractivity contribution in [3.05, 3.63) is 59.9 Å². The predicted octanol–water partition coefficient (Wildman–Crippen LogP) is 2.76. The number of hydrogen-bond acceptors (Lipinski definition) is 3. The highest BCUT2D eigenvalue weighted by molar-refractivity contribution is 5.70. The van der Waals surface area contributed by atoms with E-state index in [1.165, 1.54) is 0 Å². The lowest BCUT2D eigenvalue weighted by Gasteiger charge is -2.06. The standard InChI is InChI=1S/C18H16N4/c1-22-10-8-16(9-11-22)3-2-15-4-6-18(7-5-15)21-14-17(12-19)13-20/h2-11,17H,14H2,1H3/p+1. The third-order valence-corrected chi connectivity index (χ3v) is 3.21. The Kier molecular flexibility index (Phi) is 5.29. The average Bonchev–Trinajstić information content (AvgIpc) is 2.56. The molecule has 1 N–H and O–H groups in total. The fourth-order valence-electron chi connectivity index (χ4n) is 1.87. The minimum absolute atomic E-state index is 0.337. The fourth-order valence-corrected chi connectivity index (χ4v) is 1.87. The van der Waals surface area contributed by atoms with Gasteiger partial charge in [0.1, 0.15) is 13.0 Å². The van der Waals surface area contributed by atoms with Crippen molar-refractivity contribution in [2.75, 3.05) is 11.9 Å². The van der Waals surface area contributed by atoms with Crippen molar-refractivity contribution in [1.29, 1.82) is 10.5 Å². The van der Waals surface area contributed by atoms with Gasteiger partial charge in [-0.15, -0.1) is 0 Å². The summed E-state index contributed by atoms with van der Waals surface area (Å²) in [7, 11) is 1.99. The van der Waals surface area contributed by atoms with Crippen molar-refractivity contribution in [1.82, 2.24) is 0 Å². The molecular weight excluding hydrogens is 272 g/mol. The van der Waals surface area contributed by atoms with Gasteiger partial charge in [0.25, 0.3) is 0 Å². The van der Waals surface area contributed by atoms with Crippen LogP contribution in [-0.4, -0.2) is 6.54 Å². The summed E-state index contributed by atoms with van der Waals surface area (Å²) in [5.41, 5.74) is 3.14. The quantitative estimate of drug-likeness (QED) is 0.861. The molecule has 0 bridgehead atoms. The summed E-state index contributed by atoms with van der Waals surface area (Å²) in [6.45, 7) is 0.337. The van der Waals surface area contributed by atoms with Crippen LogP contribution < -0.4 is 9.88 Å². The first kappa shape index (κ1) is 15.3. The monoisotopic (exact) mass is 289 g/mol. The molecule has 4 nitrogen and oxygen atoms in total. The Labute approximate surface area is 130 Å². The van der Waals surface area contributed by atoms with Crippen LogP contribution in [0, 0.1) is 28.6 Å². The van der Waals surface area contributed by atoms with Crippen LogP contribution in [-0.2, 0) is 7.05 Å². The number of nitrogens with one attached hydrogen (secondary N) is 1. The number of anilines is 1. The maximum atomic E-state index is 8.72. The van der Waals surface area contributed by atoms with Crippen molar-refractivity contribution in [2.24, 2.45) is 13.0 Å². The van der Waals surface area contributed by atoms with Gasteiger partial charge in [0, 0.05) is 24.4 Å². The molecule has 4 heteroatoms. The van der Waals surface area contributed by atoms with E-state index in [1.54, 1.807) is 0 Å². The molecule has 1 aromatic carbocycles. The third-order valence-electron chi connectivity index (χ3n) is 3.21. The minimum atomic E-state index is -0.626. The van der Waals surface area contributed by atoms with Crippen LogP contribution in [0.2, 0.25) is 0 Å². The number of hydrogen-bond donors (Lipinski definition) is 1. The molecule has 0 aliphatic rings. The number of nitrogens with zero attached hydrogens (tertiary/aromatic N) is 3. The summed E-state index contributed by atoms with van der Waals surface area (Å²) in [5, 5.41) is 20.5. The second kappa shape index (κ2) is 7.61. The van der Waals surface area contributed by atoms with Gasteiger partial charge in [-0.1, -0.05) is 24.3 Å². The minimum Gasteiger partial charge on any atom is -0.383 e. The van der Waals surface area contributed by atoms with E-state index in [2.05, 4.69) is 23.5 Å². The molecule has 0 amide bonds. The molecule has 2 rings (SSSR count). The topological polar surface area (TPSA) is 63.5 Å². The molecule has 0 aliphatic carbocycles. The van der Waals surface area contributed by atoms with E-state index in [-0.39, 0.29) is 0 Å². The van der Waals surface area contributed by atoms with E-state index >= 15 is 0 Å². The van der Waals surface area contributed by atoms with E-state index in [9.17, 15) is 0 Å². The summed E-state index contributed by atoms with van der Waals surface area (Å²) in [5.74, 6) is -0.626. The summed E-state index contributed by atoms with van der Waals surface area (Å²) in [6.07, 6.45) is 8.12. The van der Waals surface area contributed by atoms with Crippen LogP contribution in [0.4, 0.5) is 5.69 Å². The average molecular weight is 289 g/mol. The van der Waals surface area contributed by atoms with E-state index in [0.29, 0.717) is 6.54 Å². The van der Waals surface area contributed by atoms with Gasteiger partial charge in [-0.25, -0.2) is 4.57 Å². The molecule has 0 radical (unpaired) electrons. The Hall–Kier alpha value is -3.11. The predicted molar refractivity (Wildman–Crippen MR) is 86.2 cm³/mol. The number of nitriles is 2. The maximum absolute atomic E-state index is 8.72. The highest BCUT2D eigenvalue weighted by atomic mass is 14.9. The van der Waals surface area contributed by atoms with E-state index in [4.69, 9.17) is 10.5 Å². The molecule has 0 saturated carbocycles. The molecular formula is C18H17N4+. The second-order valence-corrected chi connectivity index (χ2v) is 4.94.